The maximum atomic E-state index is 9.62. The molecule has 2 rings (SSSR count). The van der Waals surface area contributed by atoms with Crippen molar-refractivity contribution in [2.75, 3.05) is 0 Å². The smallest absolute Gasteiger partial charge is 0.0653 e. The number of hydrogen-bond donors (Lipinski definition) is 1. The first-order valence-corrected chi connectivity index (χ1v) is 5.03. The Morgan fingerprint density at radius 3 is 2.38 bits per heavy atom. The van der Waals surface area contributed by atoms with Gasteiger partial charge in [-0.15, -0.1) is 0 Å². The molecule has 0 saturated heterocycles. The van der Waals surface area contributed by atoms with Gasteiger partial charge in [0.1, 0.15) is 0 Å². The fraction of sp³-hybridized carbons (Fsp3) is 0.455. The van der Waals surface area contributed by atoms with Crippen molar-refractivity contribution in [2.24, 2.45) is 0 Å². The molecule has 1 aliphatic rings. The Kier molecular flexibility index (Phi) is 2.31. The minimum atomic E-state index is -0.334. The van der Waals surface area contributed by atoms with Crippen LogP contribution in [0.25, 0.3) is 0 Å². The van der Waals surface area contributed by atoms with Crippen LogP contribution in [-0.4, -0.2) is 10.7 Å². The highest BCUT2D eigenvalue weighted by Gasteiger charge is 2.39. The molecular weight excluding hydrogens is 184 g/mol. The lowest BCUT2D eigenvalue weighted by Crippen LogP contribution is -2.07. The molecule has 1 N–H and O–H groups in total. The predicted octanol–water partition coefficient (Wildman–Crippen LogP) is 2.80. The number of benzene rings is 1. The molecule has 0 heterocycles. The highest BCUT2D eigenvalue weighted by molar-refractivity contribution is 6.30. The van der Waals surface area contributed by atoms with Gasteiger partial charge >= 0.3 is 0 Å². The van der Waals surface area contributed by atoms with E-state index in [-0.39, 0.29) is 5.60 Å². The Bertz CT molecular complexity index is 287. The normalized spacial score (nSPS) is 18.6. The van der Waals surface area contributed by atoms with Crippen molar-refractivity contribution >= 4 is 11.6 Å². The fourth-order valence-corrected chi connectivity index (χ4v) is 1.55. The van der Waals surface area contributed by atoms with Crippen molar-refractivity contribution in [1.29, 1.82) is 0 Å². The highest BCUT2D eigenvalue weighted by atomic mass is 35.5. The van der Waals surface area contributed by atoms with Crippen LogP contribution in [0.4, 0.5) is 0 Å². The van der Waals surface area contributed by atoms with E-state index in [9.17, 15) is 5.11 Å². The first-order valence-electron chi connectivity index (χ1n) is 4.65. The molecule has 2 heteroatoms. The van der Waals surface area contributed by atoms with E-state index in [0.717, 1.165) is 30.7 Å². The average molecular weight is 197 g/mol. The van der Waals surface area contributed by atoms with Crippen molar-refractivity contribution in [3.8, 4) is 0 Å². The minimum absolute atomic E-state index is 0.334. The molecule has 0 bridgehead atoms. The number of rotatable bonds is 3. The van der Waals surface area contributed by atoms with Crippen LogP contribution in [0.2, 0.25) is 5.02 Å². The van der Waals surface area contributed by atoms with Gasteiger partial charge in [-0.05, 0) is 43.4 Å². The van der Waals surface area contributed by atoms with Gasteiger partial charge in [-0.2, -0.15) is 0 Å². The molecule has 0 atom stereocenters. The Morgan fingerprint density at radius 2 is 1.85 bits per heavy atom. The molecule has 1 saturated carbocycles. The van der Waals surface area contributed by atoms with Gasteiger partial charge in [0.25, 0.3) is 0 Å². The lowest BCUT2D eigenvalue weighted by atomic mass is 10.1. The molecule has 0 unspecified atom stereocenters. The van der Waals surface area contributed by atoms with E-state index in [2.05, 4.69) is 0 Å². The first-order chi connectivity index (χ1) is 6.18. The minimum Gasteiger partial charge on any atom is -0.390 e. The number of hydrogen-bond acceptors (Lipinski definition) is 1. The first kappa shape index (κ1) is 9.04. The summed E-state index contributed by atoms with van der Waals surface area (Å²) in [6.45, 7) is 0. The topological polar surface area (TPSA) is 20.2 Å². The predicted molar refractivity (Wildman–Crippen MR) is 54.0 cm³/mol. The zero-order valence-corrected chi connectivity index (χ0v) is 8.22. The van der Waals surface area contributed by atoms with Crippen LogP contribution in [0.1, 0.15) is 24.8 Å². The Labute approximate surface area is 83.3 Å². The zero-order chi connectivity index (χ0) is 9.31. The van der Waals surface area contributed by atoms with Gasteiger partial charge in [0.15, 0.2) is 0 Å². The largest absolute Gasteiger partial charge is 0.390 e. The molecule has 1 aromatic carbocycles. The van der Waals surface area contributed by atoms with E-state index < -0.39 is 0 Å². The van der Waals surface area contributed by atoms with Gasteiger partial charge in [-0.3, -0.25) is 0 Å². The van der Waals surface area contributed by atoms with Crippen LogP contribution in [-0.2, 0) is 6.42 Å². The van der Waals surface area contributed by atoms with E-state index >= 15 is 0 Å². The van der Waals surface area contributed by atoms with E-state index in [1.807, 2.05) is 24.3 Å². The van der Waals surface area contributed by atoms with E-state index in [0.29, 0.717) is 0 Å². The summed E-state index contributed by atoms with van der Waals surface area (Å²) in [4.78, 5) is 0. The summed E-state index contributed by atoms with van der Waals surface area (Å²) < 4.78 is 0. The molecule has 0 aromatic heterocycles. The summed E-state index contributed by atoms with van der Waals surface area (Å²) in [5, 5.41) is 10.4. The molecule has 13 heavy (non-hydrogen) atoms. The van der Waals surface area contributed by atoms with Gasteiger partial charge in [-0.25, -0.2) is 0 Å². The summed E-state index contributed by atoms with van der Waals surface area (Å²) in [7, 11) is 0. The summed E-state index contributed by atoms with van der Waals surface area (Å²) in [6, 6.07) is 7.84. The lowest BCUT2D eigenvalue weighted by Gasteiger charge is -2.06. The second kappa shape index (κ2) is 3.32. The maximum Gasteiger partial charge on any atom is 0.0653 e. The molecule has 0 radical (unpaired) electrons. The van der Waals surface area contributed by atoms with Crippen molar-refractivity contribution in [1.82, 2.24) is 0 Å². The third-order valence-corrected chi connectivity index (χ3v) is 2.87. The van der Waals surface area contributed by atoms with Crippen LogP contribution in [0, 0.1) is 0 Å². The van der Waals surface area contributed by atoms with Crippen LogP contribution >= 0.6 is 11.6 Å². The summed E-state index contributed by atoms with van der Waals surface area (Å²) >= 11 is 5.76. The third-order valence-electron chi connectivity index (χ3n) is 2.62. The van der Waals surface area contributed by atoms with Gasteiger partial charge < -0.3 is 5.11 Å². The van der Waals surface area contributed by atoms with E-state index in [1.165, 1.54) is 5.56 Å². The second-order valence-electron chi connectivity index (χ2n) is 3.85. The monoisotopic (exact) mass is 196 g/mol. The second-order valence-corrected chi connectivity index (χ2v) is 4.29. The number of aryl methyl sites for hydroxylation is 1. The molecule has 0 spiro atoms. The summed E-state index contributed by atoms with van der Waals surface area (Å²) in [5.41, 5.74) is 0.921. The van der Waals surface area contributed by atoms with Crippen LogP contribution in [0.15, 0.2) is 24.3 Å². The summed E-state index contributed by atoms with van der Waals surface area (Å²) in [5.74, 6) is 0. The molecule has 1 nitrogen and oxygen atoms in total. The van der Waals surface area contributed by atoms with Crippen LogP contribution in [0.5, 0.6) is 0 Å². The Hall–Kier alpha value is -0.530. The molecule has 70 valence electrons. The molecule has 0 aliphatic heterocycles. The average Bonchev–Trinajstić information content (AvgIpc) is 2.84. The highest BCUT2D eigenvalue weighted by Crippen LogP contribution is 2.39. The van der Waals surface area contributed by atoms with Gasteiger partial charge in [-0.1, -0.05) is 23.7 Å². The molecule has 1 fully saturated rings. The van der Waals surface area contributed by atoms with Crippen molar-refractivity contribution < 1.29 is 5.11 Å². The van der Waals surface area contributed by atoms with Crippen molar-refractivity contribution in [3.05, 3.63) is 34.9 Å². The Balaban J connectivity index is 1.91. The SMILES string of the molecule is OC1(CCc2ccc(Cl)cc2)CC1. The molecular formula is C11H13ClO. The number of halogens is 1. The van der Waals surface area contributed by atoms with E-state index in [1.54, 1.807) is 0 Å². The lowest BCUT2D eigenvalue weighted by molar-refractivity contribution is 0.140. The number of aliphatic hydroxyl groups is 1. The zero-order valence-electron chi connectivity index (χ0n) is 7.46. The van der Waals surface area contributed by atoms with Gasteiger partial charge in [0.2, 0.25) is 0 Å². The van der Waals surface area contributed by atoms with Gasteiger partial charge in [0, 0.05) is 5.02 Å². The quantitative estimate of drug-likeness (QED) is 0.789. The van der Waals surface area contributed by atoms with Crippen molar-refractivity contribution in [2.45, 2.75) is 31.3 Å². The molecule has 1 aliphatic carbocycles. The summed E-state index contributed by atoms with van der Waals surface area (Å²) in [6.07, 6.45) is 3.78. The maximum absolute atomic E-state index is 9.62. The van der Waals surface area contributed by atoms with Crippen LogP contribution in [0.3, 0.4) is 0 Å². The fourth-order valence-electron chi connectivity index (χ4n) is 1.42. The van der Waals surface area contributed by atoms with E-state index in [4.69, 9.17) is 11.6 Å². The molecule has 0 amide bonds. The third kappa shape index (κ3) is 2.45. The standard InChI is InChI=1S/C11H13ClO/c12-10-3-1-9(2-4-10)5-6-11(13)7-8-11/h1-4,13H,5-8H2. The van der Waals surface area contributed by atoms with Crippen molar-refractivity contribution in [3.63, 3.8) is 0 Å². The van der Waals surface area contributed by atoms with Crippen LogP contribution < -0.4 is 0 Å². The Morgan fingerprint density at radius 1 is 1.23 bits per heavy atom. The van der Waals surface area contributed by atoms with Gasteiger partial charge in [0.05, 0.1) is 5.60 Å². The molecule has 1 aromatic rings.